The maximum atomic E-state index is 12.5. The summed E-state index contributed by atoms with van der Waals surface area (Å²) in [6.07, 6.45) is 1.34. The van der Waals surface area contributed by atoms with E-state index in [0.29, 0.717) is 5.56 Å². The maximum absolute atomic E-state index is 12.5. The van der Waals surface area contributed by atoms with Gasteiger partial charge in [0, 0.05) is 11.6 Å². The molecular weight excluding hydrogens is 304 g/mol. The van der Waals surface area contributed by atoms with Crippen molar-refractivity contribution in [2.24, 2.45) is 0 Å². The van der Waals surface area contributed by atoms with E-state index in [1.807, 2.05) is 60.7 Å². The van der Waals surface area contributed by atoms with Gasteiger partial charge in [-0.25, -0.2) is 0 Å². The molecule has 0 aliphatic carbocycles. The van der Waals surface area contributed by atoms with Crippen LogP contribution in [0.1, 0.15) is 22.7 Å². The fourth-order valence-corrected chi connectivity index (χ4v) is 2.81. The molecule has 1 heterocycles. The van der Waals surface area contributed by atoms with Crippen LogP contribution in [-0.2, 0) is 0 Å². The van der Waals surface area contributed by atoms with Crippen LogP contribution in [0.3, 0.4) is 0 Å². The van der Waals surface area contributed by atoms with E-state index < -0.39 is 11.0 Å². The van der Waals surface area contributed by atoms with Gasteiger partial charge in [0.2, 0.25) is 0 Å². The van der Waals surface area contributed by atoms with E-state index in [2.05, 4.69) is 0 Å². The van der Waals surface area contributed by atoms with Crippen molar-refractivity contribution >= 4 is 5.69 Å². The average Bonchev–Trinajstić information content (AvgIpc) is 2.58. The van der Waals surface area contributed by atoms with Gasteiger partial charge in [-0.3, -0.25) is 19.5 Å². The predicted octanol–water partition coefficient (Wildman–Crippen LogP) is 3.70. The van der Waals surface area contributed by atoms with Gasteiger partial charge in [-0.15, -0.1) is 0 Å². The van der Waals surface area contributed by atoms with Gasteiger partial charge in [0.25, 0.3) is 11.2 Å². The van der Waals surface area contributed by atoms with Crippen molar-refractivity contribution in [2.45, 2.75) is 13.0 Å². The molecule has 0 bridgehead atoms. The van der Waals surface area contributed by atoms with Crippen molar-refractivity contribution in [2.75, 3.05) is 0 Å². The second-order valence-corrected chi connectivity index (χ2v) is 5.57. The summed E-state index contributed by atoms with van der Waals surface area (Å²) < 4.78 is 1.43. The average molecular weight is 320 g/mol. The third-order valence-corrected chi connectivity index (χ3v) is 3.97. The topological polar surface area (TPSA) is 65.1 Å². The molecule has 0 amide bonds. The van der Waals surface area contributed by atoms with Crippen LogP contribution in [0.5, 0.6) is 0 Å². The van der Waals surface area contributed by atoms with Crippen molar-refractivity contribution in [3.05, 3.63) is 110 Å². The summed E-state index contributed by atoms with van der Waals surface area (Å²) in [5, 5.41) is 11.3. The van der Waals surface area contributed by atoms with E-state index in [-0.39, 0.29) is 11.2 Å². The van der Waals surface area contributed by atoms with Crippen LogP contribution >= 0.6 is 0 Å². The molecule has 0 saturated carbocycles. The lowest BCUT2D eigenvalue weighted by atomic mass is 9.98. The molecule has 5 nitrogen and oxygen atoms in total. The molecule has 0 spiro atoms. The predicted molar refractivity (Wildman–Crippen MR) is 92.2 cm³/mol. The third-order valence-electron chi connectivity index (χ3n) is 3.97. The minimum Gasteiger partial charge on any atom is -0.297 e. The van der Waals surface area contributed by atoms with E-state index in [9.17, 15) is 14.9 Å². The summed E-state index contributed by atoms with van der Waals surface area (Å²) in [5.41, 5.74) is 1.82. The summed E-state index contributed by atoms with van der Waals surface area (Å²) in [6.45, 7) is 1.57. The minimum absolute atomic E-state index is 0.0635. The molecule has 120 valence electrons. The molecular formula is C19H16N2O3. The van der Waals surface area contributed by atoms with Gasteiger partial charge in [-0.05, 0) is 18.1 Å². The molecule has 0 unspecified atom stereocenters. The summed E-state index contributed by atoms with van der Waals surface area (Å²) in [4.78, 5) is 23.4. The molecule has 1 aromatic heterocycles. The minimum atomic E-state index is -0.460. The van der Waals surface area contributed by atoms with Crippen LogP contribution < -0.4 is 5.56 Å². The summed E-state index contributed by atoms with van der Waals surface area (Å²) in [6, 6.07) is 19.9. The van der Waals surface area contributed by atoms with Crippen LogP contribution in [0.4, 0.5) is 5.69 Å². The summed E-state index contributed by atoms with van der Waals surface area (Å²) >= 11 is 0. The molecule has 3 rings (SSSR count). The zero-order valence-electron chi connectivity index (χ0n) is 13.1. The lowest BCUT2D eigenvalue weighted by molar-refractivity contribution is -0.385. The van der Waals surface area contributed by atoms with Crippen molar-refractivity contribution in [1.29, 1.82) is 0 Å². The third kappa shape index (κ3) is 2.96. The van der Waals surface area contributed by atoms with Crippen LogP contribution in [0.2, 0.25) is 0 Å². The van der Waals surface area contributed by atoms with Crippen LogP contribution in [-0.4, -0.2) is 9.49 Å². The van der Waals surface area contributed by atoms with Gasteiger partial charge in [0.05, 0.1) is 17.2 Å². The number of rotatable bonds is 4. The summed E-state index contributed by atoms with van der Waals surface area (Å²) in [7, 11) is 0. The SMILES string of the molecule is Cc1cc(=O)n(C(c2ccccc2)c2ccccc2)cc1[N+](=O)[O-]. The molecule has 0 radical (unpaired) electrons. The highest BCUT2D eigenvalue weighted by Gasteiger charge is 2.21. The Morgan fingerprint density at radius 2 is 1.46 bits per heavy atom. The molecule has 5 heteroatoms. The van der Waals surface area contributed by atoms with Crippen LogP contribution in [0.15, 0.2) is 77.7 Å². The Morgan fingerprint density at radius 1 is 0.958 bits per heavy atom. The normalized spacial score (nSPS) is 10.8. The lowest BCUT2D eigenvalue weighted by Crippen LogP contribution is -2.26. The Hall–Kier alpha value is -3.21. The van der Waals surface area contributed by atoms with Gasteiger partial charge >= 0.3 is 0 Å². The molecule has 0 atom stereocenters. The molecule has 2 aromatic carbocycles. The second-order valence-electron chi connectivity index (χ2n) is 5.57. The lowest BCUT2D eigenvalue weighted by Gasteiger charge is -2.21. The van der Waals surface area contributed by atoms with Crippen molar-refractivity contribution in [1.82, 2.24) is 4.57 Å². The van der Waals surface area contributed by atoms with E-state index in [1.165, 1.54) is 16.8 Å². The van der Waals surface area contributed by atoms with E-state index >= 15 is 0 Å². The number of benzene rings is 2. The molecule has 0 aliphatic heterocycles. The second kappa shape index (κ2) is 6.50. The molecule has 0 fully saturated rings. The van der Waals surface area contributed by atoms with E-state index in [1.54, 1.807) is 6.92 Å². The number of aromatic nitrogens is 1. The highest BCUT2D eigenvalue weighted by molar-refractivity contribution is 5.39. The first-order valence-electron chi connectivity index (χ1n) is 7.55. The van der Waals surface area contributed by atoms with Gasteiger partial charge in [0.15, 0.2) is 0 Å². The van der Waals surface area contributed by atoms with Crippen molar-refractivity contribution < 1.29 is 4.92 Å². The number of pyridine rings is 1. The number of hydrogen-bond donors (Lipinski definition) is 0. The zero-order valence-corrected chi connectivity index (χ0v) is 13.1. The first-order valence-corrected chi connectivity index (χ1v) is 7.55. The Kier molecular flexibility index (Phi) is 4.24. The summed E-state index contributed by atoms with van der Waals surface area (Å²) in [5.74, 6) is 0. The highest BCUT2D eigenvalue weighted by atomic mass is 16.6. The standard InChI is InChI=1S/C19H16N2O3/c1-14-12-18(22)20(13-17(14)21(23)24)19(15-8-4-2-5-9-15)16-10-6-3-7-11-16/h2-13,19H,1H3. The Morgan fingerprint density at radius 3 is 1.92 bits per heavy atom. The highest BCUT2D eigenvalue weighted by Crippen LogP contribution is 2.27. The van der Waals surface area contributed by atoms with Crippen LogP contribution in [0, 0.1) is 17.0 Å². The monoisotopic (exact) mass is 320 g/mol. The number of aryl methyl sites for hydroxylation is 1. The number of nitrogens with zero attached hydrogens (tertiary/aromatic N) is 2. The van der Waals surface area contributed by atoms with Gasteiger partial charge in [-0.1, -0.05) is 60.7 Å². The van der Waals surface area contributed by atoms with Crippen molar-refractivity contribution in [3.8, 4) is 0 Å². The Bertz CT molecular complexity index is 879. The number of nitro groups is 1. The molecule has 0 saturated heterocycles. The quantitative estimate of drug-likeness (QED) is 0.544. The fraction of sp³-hybridized carbons (Fsp3) is 0.105. The molecule has 0 N–H and O–H groups in total. The number of hydrogen-bond acceptors (Lipinski definition) is 3. The molecule has 3 aromatic rings. The maximum Gasteiger partial charge on any atom is 0.288 e. The van der Waals surface area contributed by atoms with Crippen LogP contribution in [0.25, 0.3) is 0 Å². The first kappa shape index (κ1) is 15.7. The fourth-order valence-electron chi connectivity index (χ4n) is 2.81. The van der Waals surface area contributed by atoms with E-state index in [0.717, 1.165) is 11.1 Å². The van der Waals surface area contributed by atoms with Gasteiger partial charge in [-0.2, -0.15) is 0 Å². The molecule has 24 heavy (non-hydrogen) atoms. The molecule has 0 aliphatic rings. The Labute approximate surface area is 139 Å². The van der Waals surface area contributed by atoms with Gasteiger partial charge in [0.1, 0.15) is 0 Å². The Balaban J connectivity index is 2.26. The van der Waals surface area contributed by atoms with Gasteiger partial charge < -0.3 is 0 Å². The van der Waals surface area contributed by atoms with E-state index in [4.69, 9.17) is 0 Å². The van der Waals surface area contributed by atoms with Crippen molar-refractivity contribution in [3.63, 3.8) is 0 Å². The first-order chi connectivity index (χ1) is 11.6. The smallest absolute Gasteiger partial charge is 0.288 e. The zero-order chi connectivity index (χ0) is 17.1. The largest absolute Gasteiger partial charge is 0.297 e.